The van der Waals surface area contributed by atoms with Gasteiger partial charge in [0.15, 0.2) is 23.5 Å². The first kappa shape index (κ1) is 27.8. The van der Waals surface area contributed by atoms with Crippen LogP contribution in [0.15, 0.2) is 12.1 Å². The Kier molecular flexibility index (Phi) is 7.87. The zero-order valence-corrected chi connectivity index (χ0v) is 21.4. The predicted molar refractivity (Wildman–Crippen MR) is 129 cm³/mol. The van der Waals surface area contributed by atoms with E-state index in [2.05, 4.69) is 10.6 Å². The van der Waals surface area contributed by atoms with E-state index < -0.39 is 48.0 Å². The van der Waals surface area contributed by atoms with Crippen molar-refractivity contribution in [3.05, 3.63) is 29.3 Å². The lowest BCUT2D eigenvalue weighted by Crippen LogP contribution is -2.65. The fourth-order valence-corrected chi connectivity index (χ4v) is 6.02. The Morgan fingerprint density at radius 1 is 1.00 bits per heavy atom. The van der Waals surface area contributed by atoms with E-state index in [1.807, 2.05) is 0 Å². The molecule has 2 bridgehead atoms. The summed E-state index contributed by atoms with van der Waals surface area (Å²) in [4.78, 5) is 38.0. The highest BCUT2D eigenvalue weighted by Gasteiger charge is 2.51. The molecule has 6 rings (SSSR count). The number of hydrogen-bond donors (Lipinski definition) is 2. The molecule has 214 valence electrons. The number of nitrogens with one attached hydrogen (secondary N) is 2. The van der Waals surface area contributed by atoms with Gasteiger partial charge in [0.2, 0.25) is 12.3 Å². The standard InChI is InChI=1S/C27H32F4N2O6/c28-8-1-23(31)38-16-9-15(10-16)37-14-24(35)32-26-2-5-27(6-3-26,7-4-26)33-25(36)22-13-20(34)17-11-18(29)19(30)12-21(17)39-22/h11-12,15-16,22-23H,1-10,13-14H2,(H,32,35)(H,33,36)/t15?,16?,22-,23?,26?,27?/m1/s1. The van der Waals surface area contributed by atoms with Crippen molar-refractivity contribution in [2.45, 2.75) is 100.0 Å². The van der Waals surface area contributed by atoms with E-state index in [9.17, 15) is 31.9 Å². The molecule has 0 saturated heterocycles. The molecular formula is C27H32F4N2O6. The third-order valence-electron chi connectivity index (χ3n) is 8.47. The zero-order chi connectivity index (χ0) is 27.8. The van der Waals surface area contributed by atoms with Gasteiger partial charge in [-0.1, -0.05) is 0 Å². The highest BCUT2D eigenvalue weighted by Crippen LogP contribution is 2.47. The average Bonchev–Trinajstić information content (AvgIpc) is 2.87. The van der Waals surface area contributed by atoms with Crippen LogP contribution in [0.2, 0.25) is 0 Å². The number of ketones is 1. The molecule has 8 nitrogen and oxygen atoms in total. The molecule has 4 fully saturated rings. The third-order valence-corrected chi connectivity index (χ3v) is 8.47. The molecule has 12 heteroatoms. The highest BCUT2D eigenvalue weighted by molar-refractivity contribution is 6.03. The molecule has 2 N–H and O–H groups in total. The van der Waals surface area contributed by atoms with Gasteiger partial charge in [-0.3, -0.25) is 18.8 Å². The number of carbonyl (C=O) groups is 3. The van der Waals surface area contributed by atoms with Gasteiger partial charge in [-0.2, -0.15) is 0 Å². The molecule has 1 aromatic carbocycles. The van der Waals surface area contributed by atoms with Gasteiger partial charge in [-0.15, -0.1) is 0 Å². The normalized spacial score (nSPS) is 32.0. The van der Waals surface area contributed by atoms with Gasteiger partial charge in [0, 0.05) is 36.4 Å². The van der Waals surface area contributed by atoms with Crippen LogP contribution >= 0.6 is 0 Å². The van der Waals surface area contributed by atoms with Crippen molar-refractivity contribution in [2.75, 3.05) is 13.3 Å². The summed E-state index contributed by atoms with van der Waals surface area (Å²) in [7, 11) is 0. The number of hydrogen-bond acceptors (Lipinski definition) is 6. The Bertz CT molecular complexity index is 1100. The minimum Gasteiger partial charge on any atom is -0.479 e. The summed E-state index contributed by atoms with van der Waals surface area (Å²) >= 11 is 0. The zero-order valence-electron chi connectivity index (χ0n) is 21.4. The molecule has 0 spiro atoms. The number of amides is 2. The van der Waals surface area contributed by atoms with Gasteiger partial charge in [-0.05, 0) is 44.6 Å². The van der Waals surface area contributed by atoms with Crippen molar-refractivity contribution in [3.8, 4) is 5.75 Å². The van der Waals surface area contributed by atoms with Crippen molar-refractivity contribution >= 4 is 17.6 Å². The Balaban J connectivity index is 1.06. The van der Waals surface area contributed by atoms with Crippen LogP contribution in [0.3, 0.4) is 0 Å². The lowest BCUT2D eigenvalue weighted by molar-refractivity contribution is -0.166. The van der Waals surface area contributed by atoms with Gasteiger partial charge in [-0.25, -0.2) is 13.2 Å². The van der Waals surface area contributed by atoms with Crippen LogP contribution in [0.4, 0.5) is 17.6 Å². The molecule has 5 aliphatic rings. The summed E-state index contributed by atoms with van der Waals surface area (Å²) in [6.07, 6.45) is 0.931. The number of rotatable bonds is 10. The third kappa shape index (κ3) is 6.06. The number of benzene rings is 1. The van der Waals surface area contributed by atoms with Crippen molar-refractivity contribution in [2.24, 2.45) is 0 Å². The molecular weight excluding hydrogens is 524 g/mol. The molecule has 1 aromatic rings. The summed E-state index contributed by atoms with van der Waals surface area (Å²) in [6, 6.07) is 1.57. The van der Waals surface area contributed by atoms with Crippen molar-refractivity contribution < 1.29 is 46.2 Å². The summed E-state index contributed by atoms with van der Waals surface area (Å²) in [6.45, 7) is -0.899. The Hall–Kier alpha value is -2.73. The predicted octanol–water partition coefficient (Wildman–Crippen LogP) is 3.60. The Morgan fingerprint density at radius 3 is 2.26 bits per heavy atom. The fraction of sp³-hybridized carbons (Fsp3) is 0.667. The van der Waals surface area contributed by atoms with E-state index in [0.29, 0.717) is 51.4 Å². The number of halogens is 4. The van der Waals surface area contributed by atoms with E-state index >= 15 is 0 Å². The van der Waals surface area contributed by atoms with Crippen LogP contribution < -0.4 is 15.4 Å². The van der Waals surface area contributed by atoms with Crippen molar-refractivity contribution in [3.63, 3.8) is 0 Å². The van der Waals surface area contributed by atoms with Crippen LogP contribution in [0.1, 0.15) is 74.6 Å². The number of carbonyl (C=O) groups excluding carboxylic acids is 3. The minimum atomic E-state index is -1.62. The maximum absolute atomic E-state index is 13.6. The summed E-state index contributed by atoms with van der Waals surface area (Å²) < 4.78 is 68.8. The molecule has 2 atom stereocenters. The maximum atomic E-state index is 13.6. The Morgan fingerprint density at radius 2 is 1.62 bits per heavy atom. The Labute approximate surface area is 223 Å². The second-order valence-electron chi connectivity index (χ2n) is 11.1. The first-order chi connectivity index (χ1) is 18.6. The lowest BCUT2D eigenvalue weighted by atomic mass is 9.61. The monoisotopic (exact) mass is 556 g/mol. The van der Waals surface area contributed by atoms with Crippen LogP contribution in [-0.2, 0) is 19.1 Å². The van der Waals surface area contributed by atoms with Crippen LogP contribution in [0.25, 0.3) is 0 Å². The first-order valence-electron chi connectivity index (χ1n) is 13.4. The van der Waals surface area contributed by atoms with E-state index in [1.54, 1.807) is 0 Å². The molecule has 4 saturated carbocycles. The van der Waals surface area contributed by atoms with Crippen molar-refractivity contribution in [1.82, 2.24) is 10.6 Å². The highest BCUT2D eigenvalue weighted by atomic mass is 19.2. The number of Topliss-reactive ketones (excluding diaryl/α,β-unsaturated/α-hetero) is 1. The van der Waals surface area contributed by atoms with E-state index in [1.165, 1.54) is 0 Å². The van der Waals surface area contributed by atoms with Gasteiger partial charge >= 0.3 is 0 Å². The average molecular weight is 557 g/mol. The number of fused-ring (bicyclic) bond motifs is 4. The largest absolute Gasteiger partial charge is 0.479 e. The van der Waals surface area contributed by atoms with E-state index in [0.717, 1.165) is 12.1 Å². The molecule has 4 aliphatic carbocycles. The second-order valence-corrected chi connectivity index (χ2v) is 11.1. The van der Waals surface area contributed by atoms with Gasteiger partial charge in [0.05, 0.1) is 30.9 Å². The van der Waals surface area contributed by atoms with Gasteiger partial charge in [0.25, 0.3) is 5.91 Å². The summed E-state index contributed by atoms with van der Waals surface area (Å²) in [5.74, 6) is -3.66. The van der Waals surface area contributed by atoms with Gasteiger partial charge < -0.3 is 24.8 Å². The molecule has 0 aromatic heterocycles. The number of ether oxygens (including phenoxy) is 3. The second kappa shape index (κ2) is 11.0. The molecule has 39 heavy (non-hydrogen) atoms. The van der Waals surface area contributed by atoms with E-state index in [-0.39, 0.29) is 54.4 Å². The van der Waals surface area contributed by atoms with Crippen molar-refractivity contribution in [1.29, 1.82) is 0 Å². The molecule has 1 aliphatic heterocycles. The van der Waals surface area contributed by atoms with Crippen LogP contribution in [0.5, 0.6) is 5.75 Å². The van der Waals surface area contributed by atoms with Crippen LogP contribution in [-0.4, -0.2) is 66.6 Å². The smallest absolute Gasteiger partial charge is 0.261 e. The molecule has 2 amide bonds. The van der Waals surface area contributed by atoms with E-state index in [4.69, 9.17) is 14.2 Å². The minimum absolute atomic E-state index is 0.0802. The fourth-order valence-electron chi connectivity index (χ4n) is 6.02. The maximum Gasteiger partial charge on any atom is 0.261 e. The topological polar surface area (TPSA) is 103 Å². The van der Waals surface area contributed by atoms with Crippen LogP contribution in [0, 0.1) is 11.6 Å². The quantitative estimate of drug-likeness (QED) is 0.427. The molecule has 0 radical (unpaired) electrons. The SMILES string of the molecule is O=C(COC1CC(OC(F)CCF)C1)NC12CCC(NC(=O)[C@H]3CC(=O)c4cc(F)c(F)cc4O3)(CC1)CC2. The van der Waals surface area contributed by atoms with Gasteiger partial charge in [0.1, 0.15) is 12.4 Å². The summed E-state index contributed by atoms with van der Waals surface area (Å²) in [5, 5.41) is 6.14. The lowest BCUT2D eigenvalue weighted by Gasteiger charge is -2.54. The molecule has 1 unspecified atom stereocenters. The number of alkyl halides is 2. The summed E-state index contributed by atoms with van der Waals surface area (Å²) in [5.41, 5.74) is -0.953. The molecule has 1 heterocycles. The first-order valence-corrected chi connectivity index (χ1v) is 13.4.